The monoisotopic (exact) mass is 211 g/mol. The van der Waals surface area contributed by atoms with Crippen molar-refractivity contribution in [1.82, 2.24) is 4.98 Å². The summed E-state index contributed by atoms with van der Waals surface area (Å²) in [5.74, 6) is -0.0771. The van der Waals surface area contributed by atoms with Gasteiger partial charge in [0.25, 0.3) is 0 Å². The summed E-state index contributed by atoms with van der Waals surface area (Å²) in [4.78, 5) is 16.1. The molecule has 1 aliphatic rings. The van der Waals surface area contributed by atoms with Crippen molar-refractivity contribution in [3.63, 3.8) is 0 Å². The fourth-order valence-electron chi connectivity index (χ4n) is 1.37. The number of rotatable bonds is 3. The highest BCUT2D eigenvalue weighted by molar-refractivity contribution is 7.12. The Labute approximate surface area is 86.8 Å². The molecule has 1 aromatic rings. The Balaban J connectivity index is 2.40. The number of aromatic nitrogens is 1. The number of thiazole rings is 1. The minimum atomic E-state index is -0.880. The van der Waals surface area contributed by atoms with E-state index < -0.39 is 5.97 Å². The molecule has 0 unspecified atom stereocenters. The summed E-state index contributed by atoms with van der Waals surface area (Å²) in [7, 11) is 0. The minimum absolute atomic E-state index is 0.293. The van der Waals surface area contributed by atoms with Gasteiger partial charge in [0, 0.05) is 10.8 Å². The average Bonchev–Trinajstić information content (AvgIpc) is 2.83. The van der Waals surface area contributed by atoms with E-state index in [4.69, 9.17) is 5.11 Å². The van der Waals surface area contributed by atoms with Crippen LogP contribution >= 0.6 is 11.3 Å². The third-order valence-electron chi connectivity index (χ3n) is 2.31. The van der Waals surface area contributed by atoms with Gasteiger partial charge in [-0.25, -0.2) is 9.78 Å². The van der Waals surface area contributed by atoms with Crippen molar-refractivity contribution in [3.8, 4) is 0 Å². The molecule has 76 valence electrons. The van der Waals surface area contributed by atoms with Crippen LogP contribution in [0.4, 0.5) is 0 Å². The van der Waals surface area contributed by atoms with Crippen molar-refractivity contribution in [3.05, 3.63) is 15.6 Å². The van der Waals surface area contributed by atoms with Crippen LogP contribution in [0, 0.1) is 0 Å². The van der Waals surface area contributed by atoms with Gasteiger partial charge < -0.3 is 5.11 Å². The normalized spacial score (nSPS) is 16.2. The fraction of sp³-hybridized carbons (Fsp3) is 0.600. The second-order valence-corrected chi connectivity index (χ2v) is 5.06. The van der Waals surface area contributed by atoms with E-state index in [1.165, 1.54) is 0 Å². The molecule has 1 aromatic heterocycles. The number of carbonyl (C=O) groups is 1. The van der Waals surface area contributed by atoms with Crippen LogP contribution in [0.25, 0.3) is 0 Å². The lowest BCUT2D eigenvalue weighted by Crippen LogP contribution is -2.00. The Hall–Kier alpha value is -0.900. The zero-order valence-corrected chi connectivity index (χ0v) is 9.10. The highest BCUT2D eigenvalue weighted by Crippen LogP contribution is 2.45. The van der Waals surface area contributed by atoms with Crippen LogP contribution < -0.4 is 0 Å². The second kappa shape index (κ2) is 3.35. The summed E-state index contributed by atoms with van der Waals surface area (Å²) in [6, 6.07) is 0. The molecule has 0 amide bonds. The van der Waals surface area contributed by atoms with E-state index in [1.54, 1.807) is 11.3 Å². The smallest absolute Gasteiger partial charge is 0.355 e. The van der Waals surface area contributed by atoms with Crippen LogP contribution in [0.2, 0.25) is 0 Å². The molecule has 0 aromatic carbocycles. The molecular formula is C10H13NO2S. The van der Waals surface area contributed by atoms with Crippen molar-refractivity contribution in [2.45, 2.75) is 38.5 Å². The molecule has 0 saturated heterocycles. The van der Waals surface area contributed by atoms with Crippen molar-refractivity contribution >= 4 is 17.3 Å². The third kappa shape index (κ3) is 1.66. The number of carboxylic acid groups (broad SMARTS) is 1. The standard InChI is InChI=1S/C10H13NO2S/c1-5(2)9-11-7(10(12)13)8(14-9)6-3-4-6/h5-6H,3-4H2,1-2H3,(H,12,13). The predicted octanol–water partition coefficient (Wildman–Crippen LogP) is 2.84. The van der Waals surface area contributed by atoms with Crippen LogP contribution in [0.15, 0.2) is 0 Å². The summed E-state index contributed by atoms with van der Waals surface area (Å²) < 4.78 is 0. The average molecular weight is 211 g/mol. The van der Waals surface area contributed by atoms with Gasteiger partial charge in [0.05, 0.1) is 5.01 Å². The van der Waals surface area contributed by atoms with E-state index in [1.807, 2.05) is 13.8 Å². The lowest BCUT2D eigenvalue weighted by atomic mass is 10.2. The van der Waals surface area contributed by atoms with E-state index in [0.29, 0.717) is 17.5 Å². The van der Waals surface area contributed by atoms with Crippen LogP contribution in [0.1, 0.15) is 58.9 Å². The van der Waals surface area contributed by atoms with Crippen LogP contribution in [0.5, 0.6) is 0 Å². The summed E-state index contributed by atoms with van der Waals surface area (Å²) in [6.45, 7) is 4.09. The maximum absolute atomic E-state index is 10.9. The van der Waals surface area contributed by atoms with Crippen molar-refractivity contribution in [2.24, 2.45) is 0 Å². The number of carboxylic acids is 1. The summed E-state index contributed by atoms with van der Waals surface area (Å²) >= 11 is 1.57. The fourth-order valence-corrected chi connectivity index (χ4v) is 2.60. The molecule has 0 radical (unpaired) electrons. The largest absolute Gasteiger partial charge is 0.476 e. The maximum Gasteiger partial charge on any atom is 0.355 e. The third-order valence-corrected chi connectivity index (χ3v) is 3.83. The summed E-state index contributed by atoms with van der Waals surface area (Å²) in [6.07, 6.45) is 2.25. The Bertz CT molecular complexity index is 366. The molecule has 4 heteroatoms. The second-order valence-electron chi connectivity index (χ2n) is 4.00. The first-order valence-electron chi connectivity index (χ1n) is 4.83. The first-order valence-corrected chi connectivity index (χ1v) is 5.65. The molecule has 0 bridgehead atoms. The lowest BCUT2D eigenvalue weighted by molar-refractivity contribution is 0.0690. The van der Waals surface area contributed by atoms with E-state index in [2.05, 4.69) is 4.98 Å². The summed E-state index contributed by atoms with van der Waals surface area (Å²) in [5, 5.41) is 9.93. The molecule has 0 spiro atoms. The van der Waals surface area contributed by atoms with Crippen molar-refractivity contribution < 1.29 is 9.90 Å². The van der Waals surface area contributed by atoms with Crippen molar-refractivity contribution in [2.75, 3.05) is 0 Å². The lowest BCUT2D eigenvalue weighted by Gasteiger charge is -1.94. The molecule has 2 rings (SSSR count). The van der Waals surface area contributed by atoms with Crippen LogP contribution in [-0.4, -0.2) is 16.1 Å². The first-order chi connectivity index (χ1) is 6.59. The SMILES string of the molecule is CC(C)c1nc(C(=O)O)c(C2CC2)s1. The van der Waals surface area contributed by atoms with Gasteiger partial charge in [-0.05, 0) is 18.8 Å². The summed E-state index contributed by atoms with van der Waals surface area (Å²) in [5.41, 5.74) is 0.293. The highest BCUT2D eigenvalue weighted by atomic mass is 32.1. The number of aromatic carboxylic acids is 1. The van der Waals surface area contributed by atoms with Crippen LogP contribution in [0.3, 0.4) is 0 Å². The molecule has 0 aliphatic heterocycles. The predicted molar refractivity (Wildman–Crippen MR) is 55.1 cm³/mol. The van der Waals surface area contributed by atoms with Gasteiger partial charge >= 0.3 is 5.97 Å². The molecule has 14 heavy (non-hydrogen) atoms. The van der Waals surface area contributed by atoms with E-state index in [9.17, 15) is 4.79 Å². The zero-order valence-electron chi connectivity index (χ0n) is 8.28. The first kappa shape index (κ1) is 9.65. The highest BCUT2D eigenvalue weighted by Gasteiger charge is 2.32. The molecule has 3 nitrogen and oxygen atoms in total. The Morgan fingerprint density at radius 1 is 1.57 bits per heavy atom. The van der Waals surface area contributed by atoms with Gasteiger partial charge in [0.1, 0.15) is 0 Å². The molecule has 1 N–H and O–H groups in total. The molecular weight excluding hydrogens is 198 g/mol. The van der Waals surface area contributed by atoms with Gasteiger partial charge in [-0.2, -0.15) is 0 Å². The molecule has 1 heterocycles. The van der Waals surface area contributed by atoms with Crippen LogP contribution in [-0.2, 0) is 0 Å². The zero-order chi connectivity index (χ0) is 10.3. The number of nitrogens with zero attached hydrogens (tertiary/aromatic N) is 1. The van der Waals surface area contributed by atoms with Gasteiger partial charge in [0.15, 0.2) is 5.69 Å². The van der Waals surface area contributed by atoms with E-state index in [0.717, 1.165) is 22.7 Å². The van der Waals surface area contributed by atoms with Gasteiger partial charge in [-0.15, -0.1) is 11.3 Å². The molecule has 1 aliphatic carbocycles. The Morgan fingerprint density at radius 2 is 2.21 bits per heavy atom. The van der Waals surface area contributed by atoms with E-state index in [-0.39, 0.29) is 0 Å². The van der Waals surface area contributed by atoms with Gasteiger partial charge in [-0.1, -0.05) is 13.8 Å². The van der Waals surface area contributed by atoms with Gasteiger partial charge in [0.2, 0.25) is 0 Å². The quantitative estimate of drug-likeness (QED) is 0.836. The Morgan fingerprint density at radius 3 is 2.64 bits per heavy atom. The minimum Gasteiger partial charge on any atom is -0.476 e. The molecule has 1 saturated carbocycles. The number of hydrogen-bond donors (Lipinski definition) is 1. The molecule has 0 atom stereocenters. The van der Waals surface area contributed by atoms with E-state index >= 15 is 0 Å². The maximum atomic E-state index is 10.9. The number of hydrogen-bond acceptors (Lipinski definition) is 3. The van der Waals surface area contributed by atoms with Gasteiger partial charge in [-0.3, -0.25) is 0 Å². The Kier molecular flexibility index (Phi) is 2.31. The molecule has 1 fully saturated rings. The topological polar surface area (TPSA) is 50.2 Å². The van der Waals surface area contributed by atoms with Crippen molar-refractivity contribution in [1.29, 1.82) is 0 Å².